The lowest BCUT2D eigenvalue weighted by Crippen LogP contribution is -1.95. The first-order chi connectivity index (χ1) is 13.8. The molecule has 0 heteroatoms. The van der Waals surface area contributed by atoms with Crippen molar-refractivity contribution in [1.82, 2.24) is 0 Å². The maximum Gasteiger partial charge on any atom is -0.0149 e. The first-order valence-corrected chi connectivity index (χ1v) is 12.3. The Bertz CT molecular complexity index is 621. The molecule has 0 N–H and O–H groups in total. The molecule has 0 unspecified atom stereocenters. The summed E-state index contributed by atoms with van der Waals surface area (Å²) in [6.07, 6.45) is 21.5. The minimum atomic E-state index is 0.670. The summed E-state index contributed by atoms with van der Waals surface area (Å²) in [5.41, 5.74) is 1.53. The molecular weight excluding hydrogens is 336 g/mol. The van der Waals surface area contributed by atoms with Crippen molar-refractivity contribution in [3.63, 3.8) is 0 Å². The molecule has 0 amide bonds. The second-order valence-corrected chi connectivity index (χ2v) is 8.85. The maximum absolute atomic E-state index is 2.41. The summed E-state index contributed by atoms with van der Waals surface area (Å²) < 4.78 is 0. The molecule has 0 radical (unpaired) electrons. The van der Waals surface area contributed by atoms with E-state index in [1.165, 1.54) is 113 Å². The first-order valence-electron chi connectivity index (χ1n) is 12.3. The van der Waals surface area contributed by atoms with Gasteiger partial charge in [0.15, 0.2) is 0 Å². The first kappa shape index (κ1) is 23.0. The molecule has 0 spiro atoms. The minimum Gasteiger partial charge on any atom is -0.0654 e. The molecule has 0 aliphatic carbocycles. The summed E-state index contributed by atoms with van der Waals surface area (Å²) in [6, 6.07) is 15.6. The van der Waals surface area contributed by atoms with Crippen LogP contribution in [0.3, 0.4) is 0 Å². The van der Waals surface area contributed by atoms with Crippen molar-refractivity contribution in [2.75, 3.05) is 0 Å². The fraction of sp³-hybridized carbons (Fsp3) is 0.643. The molecule has 0 aliphatic rings. The molecule has 0 heterocycles. The van der Waals surface area contributed by atoms with Crippen LogP contribution in [0.5, 0.6) is 0 Å². The van der Waals surface area contributed by atoms with Crippen LogP contribution < -0.4 is 0 Å². The van der Waals surface area contributed by atoms with E-state index in [0.29, 0.717) is 5.92 Å². The average Bonchev–Trinajstić information content (AvgIpc) is 2.73. The predicted molar refractivity (Wildman–Crippen MR) is 127 cm³/mol. The van der Waals surface area contributed by atoms with Gasteiger partial charge in [-0.2, -0.15) is 0 Å². The smallest absolute Gasteiger partial charge is 0.0149 e. The van der Waals surface area contributed by atoms with Gasteiger partial charge in [-0.15, -0.1) is 0 Å². The third-order valence-electron chi connectivity index (χ3n) is 6.34. The Morgan fingerprint density at radius 1 is 0.571 bits per heavy atom. The number of unbranched alkanes of at least 4 members (excludes halogenated alkanes) is 13. The third-order valence-corrected chi connectivity index (χ3v) is 6.34. The molecular formula is C28H44. The zero-order valence-corrected chi connectivity index (χ0v) is 18.7. The van der Waals surface area contributed by atoms with E-state index in [1.54, 1.807) is 0 Å². The highest BCUT2D eigenvalue weighted by molar-refractivity contribution is 5.86. The summed E-state index contributed by atoms with van der Waals surface area (Å²) in [5.74, 6) is 0.670. The van der Waals surface area contributed by atoms with Gasteiger partial charge in [-0.05, 0) is 28.7 Å². The molecule has 0 aliphatic heterocycles. The van der Waals surface area contributed by atoms with Crippen LogP contribution >= 0.6 is 0 Å². The average molecular weight is 381 g/mol. The van der Waals surface area contributed by atoms with Crippen LogP contribution in [0.25, 0.3) is 10.8 Å². The van der Waals surface area contributed by atoms with E-state index in [1.807, 2.05) is 0 Å². The van der Waals surface area contributed by atoms with Gasteiger partial charge in [0.05, 0.1) is 0 Å². The summed E-state index contributed by atoms with van der Waals surface area (Å²) in [5, 5.41) is 2.83. The monoisotopic (exact) mass is 380 g/mol. The van der Waals surface area contributed by atoms with Crippen molar-refractivity contribution < 1.29 is 0 Å². The summed E-state index contributed by atoms with van der Waals surface area (Å²) >= 11 is 0. The molecule has 2 rings (SSSR count). The zero-order chi connectivity index (χ0) is 19.9. The SMILES string of the molecule is CCCCCCCCCCCCCCCC[C@H](C)c1cccc2ccccc12. The molecule has 1 atom stereocenters. The Balaban J connectivity index is 1.46. The van der Waals surface area contributed by atoms with Crippen LogP contribution in [0.15, 0.2) is 42.5 Å². The van der Waals surface area contributed by atoms with Gasteiger partial charge in [-0.3, -0.25) is 0 Å². The van der Waals surface area contributed by atoms with Crippen LogP contribution in [0.4, 0.5) is 0 Å². The van der Waals surface area contributed by atoms with Crippen molar-refractivity contribution in [2.24, 2.45) is 0 Å². The predicted octanol–water partition coefficient (Wildman–Crippen LogP) is 9.81. The molecule has 156 valence electrons. The zero-order valence-electron chi connectivity index (χ0n) is 18.7. The lowest BCUT2D eigenvalue weighted by Gasteiger charge is -2.14. The van der Waals surface area contributed by atoms with Crippen molar-refractivity contribution >= 4 is 10.8 Å². The second kappa shape index (κ2) is 14.7. The van der Waals surface area contributed by atoms with E-state index in [9.17, 15) is 0 Å². The Morgan fingerprint density at radius 3 is 1.68 bits per heavy atom. The van der Waals surface area contributed by atoms with Crippen LogP contribution in [-0.4, -0.2) is 0 Å². The van der Waals surface area contributed by atoms with Crippen LogP contribution in [-0.2, 0) is 0 Å². The van der Waals surface area contributed by atoms with Crippen molar-refractivity contribution in [2.45, 2.75) is 116 Å². The molecule has 2 aromatic carbocycles. The normalized spacial score (nSPS) is 12.5. The fourth-order valence-electron chi connectivity index (χ4n) is 4.48. The van der Waals surface area contributed by atoms with Crippen LogP contribution in [0, 0.1) is 0 Å². The molecule has 0 nitrogen and oxygen atoms in total. The molecule has 0 fully saturated rings. The second-order valence-electron chi connectivity index (χ2n) is 8.85. The van der Waals surface area contributed by atoms with Gasteiger partial charge in [-0.1, -0.05) is 146 Å². The standard InChI is InChI=1S/C28H44/c1-3-4-5-6-7-8-9-10-11-12-13-14-15-16-20-25(2)27-24-19-22-26-21-17-18-23-28(26)27/h17-19,21-25H,3-16,20H2,1-2H3/t25-/m0/s1. The Morgan fingerprint density at radius 2 is 1.07 bits per heavy atom. The number of benzene rings is 2. The quantitative estimate of drug-likeness (QED) is 0.254. The topological polar surface area (TPSA) is 0 Å². The highest BCUT2D eigenvalue weighted by Crippen LogP contribution is 2.29. The van der Waals surface area contributed by atoms with E-state index >= 15 is 0 Å². The molecule has 2 aromatic rings. The Labute approximate surface area is 175 Å². The molecule has 0 aromatic heterocycles. The number of rotatable bonds is 16. The van der Waals surface area contributed by atoms with Crippen LogP contribution in [0.1, 0.15) is 122 Å². The van der Waals surface area contributed by atoms with Crippen LogP contribution in [0.2, 0.25) is 0 Å². The van der Waals surface area contributed by atoms with E-state index in [4.69, 9.17) is 0 Å². The third kappa shape index (κ3) is 8.80. The van der Waals surface area contributed by atoms with E-state index in [-0.39, 0.29) is 0 Å². The van der Waals surface area contributed by atoms with E-state index in [0.717, 1.165) is 0 Å². The van der Waals surface area contributed by atoms with Gasteiger partial charge in [0.25, 0.3) is 0 Å². The van der Waals surface area contributed by atoms with E-state index in [2.05, 4.69) is 56.3 Å². The van der Waals surface area contributed by atoms with Crippen molar-refractivity contribution in [1.29, 1.82) is 0 Å². The van der Waals surface area contributed by atoms with Gasteiger partial charge in [-0.25, -0.2) is 0 Å². The van der Waals surface area contributed by atoms with Gasteiger partial charge in [0.1, 0.15) is 0 Å². The Hall–Kier alpha value is -1.30. The fourth-order valence-corrected chi connectivity index (χ4v) is 4.48. The van der Waals surface area contributed by atoms with Gasteiger partial charge >= 0.3 is 0 Å². The molecule has 0 saturated carbocycles. The summed E-state index contributed by atoms with van der Waals surface area (Å²) in [4.78, 5) is 0. The van der Waals surface area contributed by atoms with Gasteiger partial charge in [0.2, 0.25) is 0 Å². The largest absolute Gasteiger partial charge is 0.0654 e. The Kier molecular flexibility index (Phi) is 12.0. The maximum atomic E-state index is 2.41. The summed E-state index contributed by atoms with van der Waals surface area (Å²) in [7, 11) is 0. The highest BCUT2D eigenvalue weighted by Gasteiger charge is 2.08. The van der Waals surface area contributed by atoms with Gasteiger partial charge < -0.3 is 0 Å². The number of fused-ring (bicyclic) bond motifs is 1. The lowest BCUT2D eigenvalue weighted by atomic mass is 9.90. The van der Waals surface area contributed by atoms with Crippen molar-refractivity contribution in [3.8, 4) is 0 Å². The van der Waals surface area contributed by atoms with Gasteiger partial charge in [0, 0.05) is 0 Å². The number of hydrogen-bond acceptors (Lipinski definition) is 0. The summed E-state index contributed by atoms with van der Waals surface area (Å²) in [6.45, 7) is 4.70. The number of hydrogen-bond donors (Lipinski definition) is 0. The minimum absolute atomic E-state index is 0.670. The van der Waals surface area contributed by atoms with E-state index < -0.39 is 0 Å². The molecule has 0 bridgehead atoms. The van der Waals surface area contributed by atoms with Crippen molar-refractivity contribution in [3.05, 3.63) is 48.0 Å². The molecule has 0 saturated heterocycles. The lowest BCUT2D eigenvalue weighted by molar-refractivity contribution is 0.524. The molecule has 28 heavy (non-hydrogen) atoms. The highest BCUT2D eigenvalue weighted by atomic mass is 14.1.